The number of hydrogen-bond donors (Lipinski definition) is 1. The number of hydrogen-bond acceptors (Lipinski definition) is 4. The van der Waals surface area contributed by atoms with E-state index in [-0.39, 0.29) is 0 Å². The molecule has 0 fully saturated rings. The highest BCUT2D eigenvalue weighted by molar-refractivity contribution is 7.98. The molecule has 0 spiro atoms. The van der Waals surface area contributed by atoms with Crippen LogP contribution in [0.1, 0.15) is 5.56 Å². The van der Waals surface area contributed by atoms with Crippen molar-refractivity contribution >= 4 is 17.6 Å². The first-order valence-corrected chi connectivity index (χ1v) is 6.52. The van der Waals surface area contributed by atoms with Gasteiger partial charge in [0.1, 0.15) is 5.82 Å². The van der Waals surface area contributed by atoms with Crippen molar-refractivity contribution in [1.29, 1.82) is 0 Å². The average Bonchev–Trinajstić information content (AvgIpc) is 2.27. The summed E-state index contributed by atoms with van der Waals surface area (Å²) in [5.74, 6) is 2.16. The highest BCUT2D eigenvalue weighted by Gasteiger charge is 2.01. The van der Waals surface area contributed by atoms with Crippen molar-refractivity contribution in [3.05, 3.63) is 23.9 Å². The lowest BCUT2D eigenvalue weighted by Gasteiger charge is -2.17. The summed E-state index contributed by atoms with van der Waals surface area (Å²) in [4.78, 5) is 6.58. The van der Waals surface area contributed by atoms with Crippen LogP contribution >= 0.6 is 11.8 Å². The van der Waals surface area contributed by atoms with E-state index in [1.54, 1.807) is 0 Å². The fraction of sp³-hybridized carbons (Fsp3) is 0.545. The van der Waals surface area contributed by atoms with Crippen LogP contribution in [0.5, 0.6) is 0 Å². The average molecular weight is 225 g/mol. The third kappa shape index (κ3) is 4.10. The second-order valence-corrected chi connectivity index (χ2v) is 4.46. The summed E-state index contributed by atoms with van der Waals surface area (Å²) < 4.78 is 0. The molecule has 1 aromatic rings. The molecule has 0 amide bonds. The van der Waals surface area contributed by atoms with Gasteiger partial charge in [0.15, 0.2) is 0 Å². The fourth-order valence-corrected chi connectivity index (χ4v) is 1.76. The van der Waals surface area contributed by atoms with Crippen LogP contribution in [-0.2, 0) is 6.42 Å². The number of aromatic nitrogens is 1. The molecule has 0 bridgehead atoms. The SMILES string of the molecule is CSCCN(C)c1ccc(CCN)cn1. The van der Waals surface area contributed by atoms with Gasteiger partial charge in [-0.3, -0.25) is 0 Å². The van der Waals surface area contributed by atoms with Crippen LogP contribution in [0.15, 0.2) is 18.3 Å². The van der Waals surface area contributed by atoms with Gasteiger partial charge >= 0.3 is 0 Å². The first-order chi connectivity index (χ1) is 7.27. The van der Waals surface area contributed by atoms with Crippen molar-refractivity contribution in [2.75, 3.05) is 37.0 Å². The third-order valence-corrected chi connectivity index (χ3v) is 2.85. The van der Waals surface area contributed by atoms with Crippen LogP contribution in [0.25, 0.3) is 0 Å². The van der Waals surface area contributed by atoms with Crippen LogP contribution in [-0.4, -0.2) is 37.1 Å². The highest BCUT2D eigenvalue weighted by Crippen LogP contribution is 2.10. The summed E-state index contributed by atoms with van der Waals surface area (Å²) in [7, 11) is 2.07. The van der Waals surface area contributed by atoms with E-state index in [0.29, 0.717) is 6.54 Å². The lowest BCUT2D eigenvalue weighted by Crippen LogP contribution is -2.21. The van der Waals surface area contributed by atoms with Gasteiger partial charge < -0.3 is 10.6 Å². The maximum absolute atomic E-state index is 5.48. The molecule has 0 aromatic carbocycles. The van der Waals surface area contributed by atoms with Crippen LogP contribution in [0, 0.1) is 0 Å². The zero-order valence-electron chi connectivity index (χ0n) is 9.44. The molecule has 0 aliphatic heterocycles. The van der Waals surface area contributed by atoms with E-state index in [2.05, 4.69) is 35.3 Å². The van der Waals surface area contributed by atoms with Crippen molar-refractivity contribution in [2.45, 2.75) is 6.42 Å². The molecule has 0 unspecified atom stereocenters. The second kappa shape index (κ2) is 6.69. The maximum atomic E-state index is 5.48. The van der Waals surface area contributed by atoms with Crippen LogP contribution in [0.2, 0.25) is 0 Å². The number of anilines is 1. The minimum atomic E-state index is 0.684. The Labute approximate surface area is 96.1 Å². The largest absolute Gasteiger partial charge is 0.359 e. The molecule has 2 N–H and O–H groups in total. The Morgan fingerprint density at radius 2 is 2.27 bits per heavy atom. The van der Waals surface area contributed by atoms with E-state index in [4.69, 9.17) is 5.73 Å². The normalized spacial score (nSPS) is 10.3. The van der Waals surface area contributed by atoms with Gasteiger partial charge in [-0.05, 0) is 30.9 Å². The second-order valence-electron chi connectivity index (χ2n) is 3.48. The summed E-state index contributed by atoms with van der Waals surface area (Å²) in [5.41, 5.74) is 6.69. The van der Waals surface area contributed by atoms with Gasteiger partial charge in [0.05, 0.1) is 0 Å². The predicted molar refractivity (Wildman–Crippen MR) is 68.6 cm³/mol. The molecule has 0 radical (unpaired) electrons. The van der Waals surface area contributed by atoms with E-state index in [0.717, 1.165) is 24.5 Å². The molecule has 0 aliphatic rings. The van der Waals surface area contributed by atoms with Crippen molar-refractivity contribution in [3.8, 4) is 0 Å². The quantitative estimate of drug-likeness (QED) is 0.794. The summed E-state index contributed by atoms with van der Waals surface area (Å²) >= 11 is 1.85. The van der Waals surface area contributed by atoms with Crippen molar-refractivity contribution in [3.63, 3.8) is 0 Å². The molecule has 0 saturated carbocycles. The van der Waals surface area contributed by atoms with Gasteiger partial charge in [-0.25, -0.2) is 4.98 Å². The number of nitrogens with zero attached hydrogens (tertiary/aromatic N) is 2. The molecule has 1 heterocycles. The Morgan fingerprint density at radius 1 is 1.47 bits per heavy atom. The molecule has 0 aliphatic carbocycles. The van der Waals surface area contributed by atoms with Gasteiger partial charge in [-0.15, -0.1) is 0 Å². The lowest BCUT2D eigenvalue weighted by atomic mass is 10.2. The third-order valence-electron chi connectivity index (χ3n) is 2.26. The topological polar surface area (TPSA) is 42.1 Å². The van der Waals surface area contributed by atoms with E-state index < -0.39 is 0 Å². The number of rotatable bonds is 6. The molecule has 3 nitrogen and oxygen atoms in total. The number of nitrogens with two attached hydrogens (primary N) is 1. The smallest absolute Gasteiger partial charge is 0.128 e. The Hall–Kier alpha value is -0.740. The zero-order chi connectivity index (χ0) is 11.1. The first-order valence-electron chi connectivity index (χ1n) is 5.13. The molecule has 84 valence electrons. The standard InChI is InChI=1S/C11H19N3S/c1-14(7-8-15-2)11-4-3-10(5-6-12)9-13-11/h3-4,9H,5-8,12H2,1-2H3. The van der Waals surface area contributed by atoms with Gasteiger partial charge in [-0.1, -0.05) is 6.07 Å². The molecule has 0 atom stereocenters. The minimum absolute atomic E-state index is 0.684. The lowest BCUT2D eigenvalue weighted by molar-refractivity contribution is 0.925. The number of thioether (sulfide) groups is 1. The molecular formula is C11H19N3S. The fourth-order valence-electron chi connectivity index (χ4n) is 1.30. The monoisotopic (exact) mass is 225 g/mol. The predicted octanol–water partition coefficient (Wildman–Crippen LogP) is 1.38. The van der Waals surface area contributed by atoms with Crippen LogP contribution in [0.3, 0.4) is 0 Å². The molecule has 1 aromatic heterocycles. The first kappa shape index (κ1) is 12.3. The van der Waals surface area contributed by atoms with Gasteiger partial charge in [0, 0.05) is 25.5 Å². The molecule has 1 rings (SSSR count). The zero-order valence-corrected chi connectivity index (χ0v) is 10.3. The Balaban J connectivity index is 2.54. The number of pyridine rings is 1. The maximum Gasteiger partial charge on any atom is 0.128 e. The summed E-state index contributed by atoms with van der Waals surface area (Å²) in [6.45, 7) is 1.72. The highest BCUT2D eigenvalue weighted by atomic mass is 32.2. The molecule has 4 heteroatoms. The van der Waals surface area contributed by atoms with Gasteiger partial charge in [0.2, 0.25) is 0 Å². The van der Waals surface area contributed by atoms with Crippen molar-refractivity contribution < 1.29 is 0 Å². The van der Waals surface area contributed by atoms with Crippen LogP contribution in [0.4, 0.5) is 5.82 Å². The Kier molecular flexibility index (Phi) is 5.50. The van der Waals surface area contributed by atoms with Crippen molar-refractivity contribution in [1.82, 2.24) is 4.98 Å². The van der Waals surface area contributed by atoms with E-state index >= 15 is 0 Å². The van der Waals surface area contributed by atoms with Gasteiger partial charge in [0.25, 0.3) is 0 Å². The minimum Gasteiger partial charge on any atom is -0.359 e. The van der Waals surface area contributed by atoms with E-state index in [1.807, 2.05) is 18.0 Å². The van der Waals surface area contributed by atoms with Crippen molar-refractivity contribution in [2.24, 2.45) is 5.73 Å². The molecule has 0 saturated heterocycles. The van der Waals surface area contributed by atoms with Gasteiger partial charge in [-0.2, -0.15) is 11.8 Å². The summed E-state index contributed by atoms with van der Waals surface area (Å²) in [5, 5.41) is 0. The van der Waals surface area contributed by atoms with E-state index in [1.165, 1.54) is 5.56 Å². The molecule has 15 heavy (non-hydrogen) atoms. The molecular weight excluding hydrogens is 206 g/mol. The summed E-state index contributed by atoms with van der Waals surface area (Å²) in [6, 6.07) is 4.16. The Bertz CT molecular complexity index is 274. The summed E-state index contributed by atoms with van der Waals surface area (Å²) in [6.07, 6.45) is 4.94. The van der Waals surface area contributed by atoms with Crippen LogP contribution < -0.4 is 10.6 Å². The van der Waals surface area contributed by atoms with E-state index in [9.17, 15) is 0 Å². The Morgan fingerprint density at radius 3 is 2.80 bits per heavy atom.